The molecule has 0 saturated heterocycles. The largest absolute Gasteiger partial charge is 0.491 e. The molecule has 0 radical (unpaired) electrons. The van der Waals surface area contributed by atoms with Crippen LogP contribution in [0.25, 0.3) is 0 Å². The Bertz CT molecular complexity index is 410. The van der Waals surface area contributed by atoms with Crippen LogP contribution < -0.4 is 10.5 Å². The molecule has 3 nitrogen and oxygen atoms in total. The predicted molar refractivity (Wildman–Crippen MR) is 86.5 cm³/mol. The third kappa shape index (κ3) is 4.45. The van der Waals surface area contributed by atoms with E-state index in [2.05, 4.69) is 12.1 Å². The van der Waals surface area contributed by atoms with Crippen molar-refractivity contribution < 1.29 is 9.47 Å². The van der Waals surface area contributed by atoms with Crippen LogP contribution in [0.3, 0.4) is 0 Å². The highest BCUT2D eigenvalue weighted by atomic mass is 16.5. The maximum absolute atomic E-state index is 6.47. The van der Waals surface area contributed by atoms with Crippen LogP contribution in [0.15, 0.2) is 24.3 Å². The van der Waals surface area contributed by atoms with Crippen molar-refractivity contribution in [2.24, 2.45) is 11.7 Å². The molecule has 0 bridgehead atoms. The summed E-state index contributed by atoms with van der Waals surface area (Å²) < 4.78 is 11.4. The summed E-state index contributed by atoms with van der Waals surface area (Å²) in [5.41, 5.74) is 7.59. The van der Waals surface area contributed by atoms with E-state index in [-0.39, 0.29) is 18.2 Å². The van der Waals surface area contributed by atoms with Crippen LogP contribution in [-0.2, 0) is 4.74 Å². The van der Waals surface area contributed by atoms with E-state index >= 15 is 0 Å². The zero-order valence-electron chi connectivity index (χ0n) is 13.5. The molecule has 21 heavy (non-hydrogen) atoms. The van der Waals surface area contributed by atoms with Crippen molar-refractivity contribution in [1.82, 2.24) is 0 Å². The maximum atomic E-state index is 6.47. The van der Waals surface area contributed by atoms with Crippen molar-refractivity contribution in [3.8, 4) is 5.75 Å². The highest BCUT2D eigenvalue weighted by Gasteiger charge is 2.29. The summed E-state index contributed by atoms with van der Waals surface area (Å²) in [4.78, 5) is 0. The normalized spacial score (nSPS) is 19.5. The van der Waals surface area contributed by atoms with Gasteiger partial charge in [0.15, 0.2) is 0 Å². The number of hydrogen-bond acceptors (Lipinski definition) is 3. The summed E-state index contributed by atoms with van der Waals surface area (Å²) in [5, 5.41) is 0. The molecule has 0 amide bonds. The maximum Gasteiger partial charge on any atom is 0.119 e. The monoisotopic (exact) mass is 291 g/mol. The fourth-order valence-electron chi connectivity index (χ4n) is 3.33. The highest BCUT2D eigenvalue weighted by molar-refractivity contribution is 5.29. The third-order valence-corrected chi connectivity index (χ3v) is 4.38. The fourth-order valence-corrected chi connectivity index (χ4v) is 3.33. The van der Waals surface area contributed by atoms with Gasteiger partial charge in [0.2, 0.25) is 0 Å². The summed E-state index contributed by atoms with van der Waals surface area (Å²) in [5.74, 6) is 1.48. The standard InChI is InChI=1S/C18H29NO2/c1-13(2)21-16-11-9-14(10-12-16)17(19)18(20-3)15-7-5-4-6-8-15/h9-13,15,17-18H,4-8,19H2,1-3H3. The first-order valence-electron chi connectivity index (χ1n) is 8.17. The lowest BCUT2D eigenvalue weighted by Crippen LogP contribution is -2.35. The van der Waals surface area contributed by atoms with Gasteiger partial charge in [-0.05, 0) is 50.3 Å². The molecule has 0 aromatic heterocycles. The van der Waals surface area contributed by atoms with E-state index in [9.17, 15) is 0 Å². The minimum atomic E-state index is -0.0637. The lowest BCUT2D eigenvalue weighted by atomic mass is 9.81. The van der Waals surface area contributed by atoms with Crippen LogP contribution in [0.2, 0.25) is 0 Å². The van der Waals surface area contributed by atoms with Crippen LogP contribution in [0.1, 0.15) is 57.6 Å². The molecule has 1 aromatic carbocycles. The first kappa shape index (κ1) is 16.3. The molecule has 2 rings (SSSR count). The van der Waals surface area contributed by atoms with Crippen molar-refractivity contribution >= 4 is 0 Å². The minimum Gasteiger partial charge on any atom is -0.491 e. The van der Waals surface area contributed by atoms with Crippen molar-refractivity contribution in [3.05, 3.63) is 29.8 Å². The Balaban J connectivity index is 2.04. The molecule has 1 aromatic rings. The molecule has 1 aliphatic carbocycles. The molecule has 1 fully saturated rings. The van der Waals surface area contributed by atoms with Crippen molar-refractivity contribution in [2.75, 3.05) is 7.11 Å². The van der Waals surface area contributed by atoms with Gasteiger partial charge in [0.25, 0.3) is 0 Å². The number of benzene rings is 1. The number of rotatable bonds is 6. The number of nitrogens with two attached hydrogens (primary N) is 1. The van der Waals surface area contributed by atoms with E-state index < -0.39 is 0 Å². The molecule has 3 heteroatoms. The van der Waals surface area contributed by atoms with Gasteiger partial charge in [0, 0.05) is 7.11 Å². The van der Waals surface area contributed by atoms with Crippen LogP contribution >= 0.6 is 0 Å². The topological polar surface area (TPSA) is 44.5 Å². The Hall–Kier alpha value is -1.06. The zero-order chi connectivity index (χ0) is 15.2. The van der Waals surface area contributed by atoms with Crippen molar-refractivity contribution in [3.63, 3.8) is 0 Å². The first-order chi connectivity index (χ1) is 10.1. The Morgan fingerprint density at radius 3 is 2.19 bits per heavy atom. The molecule has 1 saturated carbocycles. The smallest absolute Gasteiger partial charge is 0.119 e. The highest BCUT2D eigenvalue weighted by Crippen LogP contribution is 2.33. The van der Waals surface area contributed by atoms with Gasteiger partial charge in [0.05, 0.1) is 18.2 Å². The third-order valence-electron chi connectivity index (χ3n) is 4.38. The van der Waals surface area contributed by atoms with Crippen molar-refractivity contribution in [1.29, 1.82) is 0 Å². The van der Waals surface area contributed by atoms with Gasteiger partial charge < -0.3 is 15.2 Å². The molecule has 0 spiro atoms. The summed E-state index contributed by atoms with van der Waals surface area (Å²) in [6.45, 7) is 4.06. The average molecular weight is 291 g/mol. The van der Waals surface area contributed by atoms with E-state index in [1.165, 1.54) is 32.1 Å². The number of methoxy groups -OCH3 is 1. The summed E-state index contributed by atoms with van der Waals surface area (Å²) >= 11 is 0. The summed E-state index contributed by atoms with van der Waals surface area (Å²) in [6, 6.07) is 8.08. The molecule has 0 heterocycles. The Morgan fingerprint density at radius 2 is 1.67 bits per heavy atom. The second kappa shape index (κ2) is 7.81. The van der Waals surface area contributed by atoms with Gasteiger partial charge >= 0.3 is 0 Å². The Morgan fingerprint density at radius 1 is 1.05 bits per heavy atom. The van der Waals surface area contributed by atoms with Crippen molar-refractivity contribution in [2.45, 2.75) is 64.2 Å². The first-order valence-corrected chi connectivity index (χ1v) is 8.17. The van der Waals surface area contributed by atoms with Crippen LogP contribution in [0.4, 0.5) is 0 Å². The summed E-state index contributed by atoms with van der Waals surface area (Å²) in [7, 11) is 1.79. The van der Waals surface area contributed by atoms with Gasteiger partial charge in [-0.25, -0.2) is 0 Å². The SMILES string of the molecule is COC(C1CCCCC1)C(N)c1ccc(OC(C)C)cc1. The van der Waals surface area contributed by atoms with E-state index in [0.717, 1.165) is 11.3 Å². The number of ether oxygens (including phenoxy) is 2. The van der Waals surface area contributed by atoms with Gasteiger partial charge in [-0.2, -0.15) is 0 Å². The van der Waals surface area contributed by atoms with Gasteiger partial charge in [-0.15, -0.1) is 0 Å². The Kier molecular flexibility index (Phi) is 6.07. The molecule has 0 aliphatic heterocycles. The van der Waals surface area contributed by atoms with E-state index in [0.29, 0.717) is 5.92 Å². The van der Waals surface area contributed by atoms with Gasteiger partial charge in [-0.1, -0.05) is 31.4 Å². The van der Waals surface area contributed by atoms with Gasteiger partial charge in [-0.3, -0.25) is 0 Å². The zero-order valence-corrected chi connectivity index (χ0v) is 13.5. The molecule has 2 atom stereocenters. The Labute approximate surface area is 128 Å². The van der Waals surface area contributed by atoms with Gasteiger partial charge in [0.1, 0.15) is 5.75 Å². The average Bonchev–Trinajstić information content (AvgIpc) is 2.49. The second-order valence-corrected chi connectivity index (χ2v) is 6.36. The van der Waals surface area contributed by atoms with E-state index in [1.807, 2.05) is 26.0 Å². The van der Waals surface area contributed by atoms with E-state index in [4.69, 9.17) is 15.2 Å². The molecule has 2 N–H and O–H groups in total. The lowest BCUT2D eigenvalue weighted by Gasteiger charge is -2.33. The second-order valence-electron chi connectivity index (χ2n) is 6.36. The van der Waals surface area contributed by atoms with Crippen LogP contribution in [-0.4, -0.2) is 19.3 Å². The molecule has 1 aliphatic rings. The van der Waals surface area contributed by atoms with E-state index in [1.54, 1.807) is 7.11 Å². The van der Waals surface area contributed by atoms with Crippen LogP contribution in [0, 0.1) is 5.92 Å². The quantitative estimate of drug-likeness (QED) is 0.859. The molecule has 2 unspecified atom stereocenters. The fraction of sp³-hybridized carbons (Fsp3) is 0.667. The minimum absolute atomic E-state index is 0.0637. The predicted octanol–water partition coefficient (Wildman–Crippen LogP) is 4.07. The molecular weight excluding hydrogens is 262 g/mol. The molecular formula is C18H29NO2. The summed E-state index contributed by atoms with van der Waals surface area (Å²) in [6.07, 6.45) is 6.74. The van der Waals surface area contributed by atoms with Crippen LogP contribution in [0.5, 0.6) is 5.75 Å². The lowest BCUT2D eigenvalue weighted by molar-refractivity contribution is 0.0172. The molecule has 118 valence electrons. The number of hydrogen-bond donors (Lipinski definition) is 1.